The third-order valence-corrected chi connectivity index (χ3v) is 4.16. The number of rotatable bonds is 3. The first-order chi connectivity index (χ1) is 12.3. The maximum atomic E-state index is 12.7. The van der Waals surface area contributed by atoms with Crippen LogP contribution in [0.3, 0.4) is 0 Å². The van der Waals surface area contributed by atoms with Crippen molar-refractivity contribution >= 4 is 0 Å². The summed E-state index contributed by atoms with van der Waals surface area (Å²) < 4.78 is 0. The second kappa shape index (κ2) is 6.57. The molecule has 0 saturated carbocycles. The van der Waals surface area contributed by atoms with Gasteiger partial charge in [0.15, 0.2) is 0 Å². The van der Waals surface area contributed by atoms with E-state index in [1.807, 2.05) is 91.0 Å². The van der Waals surface area contributed by atoms with Crippen LogP contribution in [0, 0.1) is 0 Å². The van der Waals surface area contributed by atoms with Gasteiger partial charge in [0.25, 0.3) is 5.56 Å². The molecule has 0 fully saturated rings. The normalized spacial score (nSPS) is 10.6. The van der Waals surface area contributed by atoms with E-state index >= 15 is 0 Å². The van der Waals surface area contributed by atoms with Gasteiger partial charge in [-0.2, -0.15) is 5.10 Å². The van der Waals surface area contributed by atoms with E-state index in [1.54, 1.807) is 0 Å². The minimum absolute atomic E-state index is 0.190. The van der Waals surface area contributed by atoms with Crippen LogP contribution in [0.5, 0.6) is 0 Å². The van der Waals surface area contributed by atoms with E-state index in [0.29, 0.717) is 5.56 Å². The van der Waals surface area contributed by atoms with Gasteiger partial charge in [-0.25, -0.2) is 5.10 Å². The largest absolute Gasteiger partial charge is 0.272 e. The van der Waals surface area contributed by atoms with E-state index in [0.717, 1.165) is 27.9 Å². The highest BCUT2D eigenvalue weighted by Crippen LogP contribution is 2.35. The van der Waals surface area contributed by atoms with Gasteiger partial charge in [0, 0.05) is 11.1 Å². The third kappa shape index (κ3) is 2.88. The van der Waals surface area contributed by atoms with Gasteiger partial charge < -0.3 is 0 Å². The summed E-state index contributed by atoms with van der Waals surface area (Å²) >= 11 is 0. The quantitative estimate of drug-likeness (QED) is 0.590. The van der Waals surface area contributed by atoms with E-state index < -0.39 is 0 Å². The molecule has 0 aliphatic rings. The van der Waals surface area contributed by atoms with Gasteiger partial charge in [-0.3, -0.25) is 4.79 Å². The summed E-state index contributed by atoms with van der Waals surface area (Å²) in [6, 6.07) is 29.6. The maximum Gasteiger partial charge on any atom is 0.272 e. The van der Waals surface area contributed by atoms with E-state index in [1.165, 1.54) is 0 Å². The van der Waals surface area contributed by atoms with Crippen LogP contribution in [0.25, 0.3) is 33.5 Å². The number of hydrogen-bond acceptors (Lipinski definition) is 2. The van der Waals surface area contributed by atoms with Crippen LogP contribution in [-0.2, 0) is 0 Å². The fourth-order valence-corrected chi connectivity index (χ4v) is 3.02. The third-order valence-electron chi connectivity index (χ3n) is 4.16. The smallest absolute Gasteiger partial charge is 0.267 e. The Morgan fingerprint density at radius 1 is 0.560 bits per heavy atom. The van der Waals surface area contributed by atoms with Crippen molar-refractivity contribution in [3.05, 3.63) is 101 Å². The highest BCUT2D eigenvalue weighted by Gasteiger charge is 2.18. The van der Waals surface area contributed by atoms with E-state index in [-0.39, 0.29) is 5.56 Å². The number of nitrogens with zero attached hydrogens (tertiary/aromatic N) is 1. The van der Waals surface area contributed by atoms with Crippen molar-refractivity contribution in [2.45, 2.75) is 0 Å². The number of aromatic amines is 1. The molecule has 0 atom stereocenters. The molecule has 0 unspecified atom stereocenters. The maximum absolute atomic E-state index is 12.7. The van der Waals surface area contributed by atoms with Crippen LogP contribution in [0.15, 0.2) is 95.8 Å². The molecule has 0 aliphatic heterocycles. The first-order valence-corrected chi connectivity index (χ1v) is 8.13. The molecular formula is C22H16N2O. The van der Waals surface area contributed by atoms with Crippen molar-refractivity contribution in [1.29, 1.82) is 0 Å². The summed E-state index contributed by atoms with van der Waals surface area (Å²) in [6.07, 6.45) is 0. The van der Waals surface area contributed by atoms with Crippen molar-refractivity contribution in [3.8, 4) is 33.5 Å². The number of H-pyrrole nitrogens is 1. The number of aromatic nitrogens is 2. The highest BCUT2D eigenvalue weighted by atomic mass is 16.1. The molecule has 1 N–H and O–H groups in total. The molecule has 0 radical (unpaired) electrons. The molecule has 1 heterocycles. The lowest BCUT2D eigenvalue weighted by molar-refractivity contribution is 1.00. The minimum atomic E-state index is -0.190. The fourth-order valence-electron chi connectivity index (χ4n) is 3.02. The number of hydrogen-bond donors (Lipinski definition) is 1. The molecule has 25 heavy (non-hydrogen) atoms. The van der Waals surface area contributed by atoms with Crippen molar-refractivity contribution in [3.63, 3.8) is 0 Å². The minimum Gasteiger partial charge on any atom is -0.267 e. The molecular weight excluding hydrogens is 308 g/mol. The van der Waals surface area contributed by atoms with Gasteiger partial charge in [0.1, 0.15) is 0 Å². The Balaban J connectivity index is 2.09. The Morgan fingerprint density at radius 2 is 1.00 bits per heavy atom. The summed E-state index contributed by atoms with van der Waals surface area (Å²) in [7, 11) is 0. The van der Waals surface area contributed by atoms with Crippen LogP contribution in [-0.4, -0.2) is 10.2 Å². The molecule has 3 aromatic carbocycles. The Kier molecular flexibility index (Phi) is 3.97. The monoisotopic (exact) mass is 324 g/mol. The molecule has 0 spiro atoms. The van der Waals surface area contributed by atoms with Crippen molar-refractivity contribution in [2.75, 3.05) is 0 Å². The molecule has 0 aliphatic carbocycles. The first kappa shape index (κ1) is 15.1. The van der Waals surface area contributed by atoms with Crippen LogP contribution >= 0.6 is 0 Å². The van der Waals surface area contributed by atoms with E-state index in [2.05, 4.69) is 10.2 Å². The first-order valence-electron chi connectivity index (χ1n) is 8.13. The molecule has 0 amide bonds. The zero-order valence-corrected chi connectivity index (χ0v) is 13.5. The SMILES string of the molecule is O=c1[nH]nc(-c2ccccc2)c(-c2ccccc2)c1-c1ccccc1. The summed E-state index contributed by atoms with van der Waals surface area (Å²) in [6.45, 7) is 0. The van der Waals surface area contributed by atoms with Gasteiger partial charge in [-0.1, -0.05) is 91.0 Å². The van der Waals surface area contributed by atoms with Crippen LogP contribution in [0.2, 0.25) is 0 Å². The second-order valence-electron chi connectivity index (χ2n) is 5.75. The average molecular weight is 324 g/mol. The average Bonchev–Trinajstić information content (AvgIpc) is 2.70. The predicted octanol–water partition coefficient (Wildman–Crippen LogP) is 4.77. The van der Waals surface area contributed by atoms with Crippen LogP contribution < -0.4 is 5.56 Å². The van der Waals surface area contributed by atoms with Gasteiger partial charge in [0.2, 0.25) is 0 Å². The molecule has 3 nitrogen and oxygen atoms in total. The standard InChI is InChI=1S/C22H16N2O/c25-22-20(17-12-6-2-7-13-17)19(16-10-4-1-5-11-16)21(23-24-22)18-14-8-3-9-15-18/h1-15H,(H,24,25). The molecule has 3 heteroatoms. The fraction of sp³-hybridized carbons (Fsp3) is 0. The Hall–Kier alpha value is -3.46. The molecule has 120 valence electrons. The number of benzene rings is 3. The lowest BCUT2D eigenvalue weighted by Gasteiger charge is -2.14. The molecule has 0 bridgehead atoms. The van der Waals surface area contributed by atoms with Crippen LogP contribution in [0.4, 0.5) is 0 Å². The number of nitrogens with one attached hydrogen (secondary N) is 1. The summed E-state index contributed by atoms with van der Waals surface area (Å²) in [5.41, 5.74) is 4.88. The lowest BCUT2D eigenvalue weighted by Crippen LogP contribution is -2.14. The molecule has 4 rings (SSSR count). The molecule has 4 aromatic rings. The predicted molar refractivity (Wildman–Crippen MR) is 101 cm³/mol. The van der Waals surface area contributed by atoms with Gasteiger partial charge >= 0.3 is 0 Å². The molecule has 0 saturated heterocycles. The zero-order valence-electron chi connectivity index (χ0n) is 13.5. The summed E-state index contributed by atoms with van der Waals surface area (Å²) in [5.74, 6) is 0. The second-order valence-corrected chi connectivity index (χ2v) is 5.75. The van der Waals surface area contributed by atoms with Gasteiger partial charge in [-0.05, 0) is 11.1 Å². The zero-order chi connectivity index (χ0) is 17.1. The van der Waals surface area contributed by atoms with Gasteiger partial charge in [-0.15, -0.1) is 0 Å². The highest BCUT2D eigenvalue weighted by molar-refractivity contribution is 5.91. The summed E-state index contributed by atoms with van der Waals surface area (Å²) in [5, 5.41) is 7.04. The Morgan fingerprint density at radius 3 is 1.52 bits per heavy atom. The Labute approximate surface area is 145 Å². The van der Waals surface area contributed by atoms with E-state index in [4.69, 9.17) is 0 Å². The van der Waals surface area contributed by atoms with E-state index in [9.17, 15) is 4.79 Å². The molecule has 1 aromatic heterocycles. The van der Waals surface area contributed by atoms with Gasteiger partial charge in [0.05, 0.1) is 11.3 Å². The summed E-state index contributed by atoms with van der Waals surface area (Å²) in [4.78, 5) is 12.7. The van der Waals surface area contributed by atoms with Crippen molar-refractivity contribution in [1.82, 2.24) is 10.2 Å². The topological polar surface area (TPSA) is 45.8 Å². The Bertz CT molecular complexity index is 1040. The van der Waals surface area contributed by atoms with Crippen LogP contribution in [0.1, 0.15) is 0 Å². The van der Waals surface area contributed by atoms with Crippen molar-refractivity contribution in [2.24, 2.45) is 0 Å². The lowest BCUT2D eigenvalue weighted by atomic mass is 9.92. The van der Waals surface area contributed by atoms with Crippen molar-refractivity contribution < 1.29 is 0 Å².